The number of nitrogens with one attached hydrogen (secondary N) is 2. The van der Waals surface area contributed by atoms with E-state index < -0.39 is 0 Å². The summed E-state index contributed by atoms with van der Waals surface area (Å²) in [6.45, 7) is 8.80. The number of aromatic nitrogens is 2. The number of carbonyl (C=O) groups is 1. The van der Waals surface area contributed by atoms with Crippen molar-refractivity contribution in [1.29, 1.82) is 0 Å². The largest absolute Gasteiger partial charge is 0.359 e. The number of nitrogens with zero attached hydrogens (tertiary/aromatic N) is 3. The summed E-state index contributed by atoms with van der Waals surface area (Å²) in [5.74, 6) is 2.80. The first-order valence-corrected chi connectivity index (χ1v) is 13.5. The zero-order chi connectivity index (χ0) is 23.5. The summed E-state index contributed by atoms with van der Waals surface area (Å²) < 4.78 is 1.93. The molecule has 6 heteroatoms. The maximum Gasteiger partial charge on any atom is 0.239 e. The smallest absolute Gasteiger partial charge is 0.239 e. The molecule has 0 unspecified atom stereocenters. The normalized spacial score (nSPS) is 24.6. The summed E-state index contributed by atoms with van der Waals surface area (Å²) in [7, 11) is 0. The Balaban J connectivity index is 1.06. The molecule has 1 aromatic heterocycles. The molecule has 0 spiro atoms. The average molecular weight is 464 g/mol. The van der Waals surface area contributed by atoms with Crippen LogP contribution in [0.3, 0.4) is 0 Å². The Labute approximate surface area is 204 Å². The van der Waals surface area contributed by atoms with Crippen LogP contribution < -0.4 is 10.6 Å². The van der Waals surface area contributed by atoms with Gasteiger partial charge in [0.15, 0.2) is 5.82 Å². The molecule has 3 fully saturated rings. The molecule has 34 heavy (non-hydrogen) atoms. The maximum absolute atomic E-state index is 12.6. The fourth-order valence-corrected chi connectivity index (χ4v) is 6.57. The molecule has 1 aliphatic heterocycles. The number of hydrogen-bond donors (Lipinski definition) is 2. The third-order valence-corrected chi connectivity index (χ3v) is 8.47. The number of allylic oxidation sites excluding steroid dienone is 1. The Morgan fingerprint density at radius 3 is 2.56 bits per heavy atom. The minimum absolute atomic E-state index is 0.0460. The molecule has 0 bridgehead atoms. The van der Waals surface area contributed by atoms with Crippen LogP contribution >= 0.6 is 0 Å². The van der Waals surface area contributed by atoms with Crippen molar-refractivity contribution >= 4 is 22.6 Å². The molecule has 3 aliphatic rings. The molecule has 2 N–H and O–H groups in total. The topological polar surface area (TPSA) is 62.2 Å². The van der Waals surface area contributed by atoms with E-state index in [9.17, 15) is 4.79 Å². The number of rotatable bonds is 8. The lowest BCUT2D eigenvalue weighted by Gasteiger charge is -2.47. The van der Waals surface area contributed by atoms with Crippen LogP contribution in [-0.4, -0.2) is 52.3 Å². The van der Waals surface area contributed by atoms with E-state index in [2.05, 4.69) is 52.3 Å². The van der Waals surface area contributed by atoms with Crippen molar-refractivity contribution in [2.24, 2.45) is 11.8 Å². The molecule has 2 heterocycles. The SMILES string of the molecule is C=CCn1nc(NCC(=O)NC2CN([C@H]3CC[C@@H](C4CCCCC4)CC3)C2)c2cc(C)ccc21. The zero-order valence-corrected chi connectivity index (χ0v) is 20.8. The van der Waals surface area contributed by atoms with Gasteiger partial charge >= 0.3 is 0 Å². The fourth-order valence-electron chi connectivity index (χ4n) is 6.57. The molecule has 0 atom stereocenters. The molecule has 2 saturated carbocycles. The van der Waals surface area contributed by atoms with Crippen LogP contribution in [0.5, 0.6) is 0 Å². The highest BCUT2D eigenvalue weighted by Gasteiger charge is 2.36. The number of fused-ring (bicyclic) bond motifs is 1. The predicted octanol–water partition coefficient (Wildman–Crippen LogP) is 4.88. The van der Waals surface area contributed by atoms with Gasteiger partial charge in [-0.2, -0.15) is 5.10 Å². The second kappa shape index (κ2) is 10.5. The lowest BCUT2D eigenvalue weighted by molar-refractivity contribution is -0.121. The zero-order valence-electron chi connectivity index (χ0n) is 20.8. The number of hydrogen-bond acceptors (Lipinski definition) is 4. The first-order valence-electron chi connectivity index (χ1n) is 13.5. The van der Waals surface area contributed by atoms with E-state index in [1.54, 1.807) is 0 Å². The number of aryl methyl sites for hydroxylation is 1. The van der Waals surface area contributed by atoms with Gasteiger partial charge < -0.3 is 10.6 Å². The van der Waals surface area contributed by atoms with Crippen molar-refractivity contribution in [3.63, 3.8) is 0 Å². The summed E-state index contributed by atoms with van der Waals surface area (Å²) >= 11 is 0. The minimum Gasteiger partial charge on any atom is -0.359 e. The Morgan fingerprint density at radius 1 is 1.09 bits per heavy atom. The first-order chi connectivity index (χ1) is 16.6. The van der Waals surface area contributed by atoms with Crippen molar-refractivity contribution in [3.8, 4) is 0 Å². The average Bonchev–Trinajstić information content (AvgIpc) is 3.17. The molecule has 5 rings (SSSR count). The van der Waals surface area contributed by atoms with Gasteiger partial charge in [0, 0.05) is 24.5 Å². The molecule has 2 aromatic rings. The Bertz CT molecular complexity index is 994. The number of anilines is 1. The highest BCUT2D eigenvalue weighted by atomic mass is 16.2. The maximum atomic E-state index is 12.6. The second-order valence-electron chi connectivity index (χ2n) is 10.9. The minimum atomic E-state index is 0.0460. The van der Waals surface area contributed by atoms with Crippen molar-refractivity contribution in [1.82, 2.24) is 20.0 Å². The third kappa shape index (κ3) is 5.17. The molecule has 1 amide bonds. The van der Waals surface area contributed by atoms with Crippen LogP contribution in [0.25, 0.3) is 10.9 Å². The number of benzene rings is 1. The van der Waals surface area contributed by atoms with Crippen LogP contribution in [-0.2, 0) is 11.3 Å². The van der Waals surface area contributed by atoms with Gasteiger partial charge in [-0.05, 0) is 56.6 Å². The molecular formula is C28H41N5O. The monoisotopic (exact) mass is 463 g/mol. The molecular weight excluding hydrogens is 422 g/mol. The summed E-state index contributed by atoms with van der Waals surface area (Å²) in [4.78, 5) is 15.2. The lowest BCUT2D eigenvalue weighted by Crippen LogP contribution is -2.63. The van der Waals surface area contributed by atoms with E-state index in [0.717, 1.165) is 47.7 Å². The van der Waals surface area contributed by atoms with Gasteiger partial charge in [0.1, 0.15) is 0 Å². The van der Waals surface area contributed by atoms with Gasteiger partial charge in [-0.25, -0.2) is 0 Å². The molecule has 1 saturated heterocycles. The van der Waals surface area contributed by atoms with Crippen LogP contribution in [0, 0.1) is 18.8 Å². The standard InChI is InChI=1S/C28H41N5O/c1-3-15-33-26-14-9-20(2)16-25(26)28(31-33)29-17-27(34)30-23-18-32(19-23)24-12-10-22(11-13-24)21-7-5-4-6-8-21/h3,9,14,16,21-24H,1,4-8,10-13,15,17-19H2,2H3,(H,29,31)(H,30,34)/t22-,24+. The summed E-state index contributed by atoms with van der Waals surface area (Å²) in [6, 6.07) is 7.30. The van der Waals surface area contributed by atoms with Gasteiger partial charge in [-0.3, -0.25) is 14.4 Å². The quantitative estimate of drug-likeness (QED) is 0.548. The van der Waals surface area contributed by atoms with E-state index in [0.29, 0.717) is 6.54 Å². The third-order valence-electron chi connectivity index (χ3n) is 8.47. The fraction of sp³-hybridized carbons (Fsp3) is 0.643. The summed E-state index contributed by atoms with van der Waals surface area (Å²) in [5, 5.41) is 12.2. The molecule has 184 valence electrons. The van der Waals surface area contributed by atoms with Crippen LogP contribution in [0.4, 0.5) is 5.82 Å². The second-order valence-corrected chi connectivity index (χ2v) is 10.9. The predicted molar refractivity (Wildman–Crippen MR) is 139 cm³/mol. The van der Waals surface area contributed by atoms with Gasteiger partial charge in [0.05, 0.1) is 24.6 Å². The molecule has 6 nitrogen and oxygen atoms in total. The van der Waals surface area contributed by atoms with Gasteiger partial charge in [0.25, 0.3) is 0 Å². The number of likely N-dealkylation sites (tertiary alicyclic amines) is 1. The Hall–Kier alpha value is -2.34. The van der Waals surface area contributed by atoms with Crippen LogP contribution in [0.1, 0.15) is 63.4 Å². The van der Waals surface area contributed by atoms with Crippen LogP contribution in [0.2, 0.25) is 0 Å². The van der Waals surface area contributed by atoms with Gasteiger partial charge in [-0.15, -0.1) is 6.58 Å². The Kier molecular flexibility index (Phi) is 7.23. The highest BCUT2D eigenvalue weighted by Crippen LogP contribution is 2.39. The van der Waals surface area contributed by atoms with E-state index in [1.165, 1.54) is 63.4 Å². The van der Waals surface area contributed by atoms with E-state index in [-0.39, 0.29) is 18.5 Å². The summed E-state index contributed by atoms with van der Waals surface area (Å²) in [6.07, 6.45) is 14.7. The molecule has 1 aromatic carbocycles. The molecule has 0 radical (unpaired) electrons. The van der Waals surface area contributed by atoms with E-state index in [1.807, 2.05) is 10.8 Å². The van der Waals surface area contributed by atoms with Crippen molar-refractivity contribution in [3.05, 3.63) is 36.4 Å². The van der Waals surface area contributed by atoms with Crippen molar-refractivity contribution < 1.29 is 4.79 Å². The summed E-state index contributed by atoms with van der Waals surface area (Å²) in [5.41, 5.74) is 2.24. The molecule has 2 aliphatic carbocycles. The van der Waals surface area contributed by atoms with Crippen molar-refractivity contribution in [2.45, 2.75) is 83.3 Å². The number of amides is 1. The highest BCUT2D eigenvalue weighted by molar-refractivity contribution is 5.92. The van der Waals surface area contributed by atoms with E-state index in [4.69, 9.17) is 0 Å². The lowest BCUT2D eigenvalue weighted by atomic mass is 9.72. The van der Waals surface area contributed by atoms with Crippen LogP contribution in [0.15, 0.2) is 30.9 Å². The number of carbonyl (C=O) groups excluding carboxylic acids is 1. The van der Waals surface area contributed by atoms with Crippen molar-refractivity contribution in [2.75, 3.05) is 25.0 Å². The first kappa shape index (κ1) is 23.4. The van der Waals surface area contributed by atoms with Gasteiger partial charge in [0.2, 0.25) is 5.91 Å². The van der Waals surface area contributed by atoms with Gasteiger partial charge in [-0.1, -0.05) is 49.8 Å². The van der Waals surface area contributed by atoms with E-state index >= 15 is 0 Å². The Morgan fingerprint density at radius 2 is 1.82 bits per heavy atom.